The molecule has 2 aliphatic rings. The maximum Gasteiger partial charge on any atom is -0.147 e. The van der Waals surface area contributed by atoms with Gasteiger partial charge in [-0.25, -0.2) is 0 Å². The van der Waals surface area contributed by atoms with E-state index in [2.05, 4.69) is 163 Å². The van der Waals surface area contributed by atoms with Gasteiger partial charge in [0.15, 0.2) is 0 Å². The summed E-state index contributed by atoms with van der Waals surface area (Å²) in [5, 5.41) is 5.20. The van der Waals surface area contributed by atoms with Crippen molar-refractivity contribution in [1.29, 1.82) is 0 Å². The Morgan fingerprint density at radius 3 is 1.28 bits per heavy atom. The molecule has 0 radical (unpaired) electrons. The van der Waals surface area contributed by atoms with Gasteiger partial charge in [-0.05, 0) is 0 Å². The molecule has 0 fully saturated rings. The van der Waals surface area contributed by atoms with E-state index in [-0.39, 0.29) is 24.8 Å². The van der Waals surface area contributed by atoms with Gasteiger partial charge in [-0.2, -0.15) is 0 Å². The fraction of sp³-hybridized carbons (Fsp3) is 0.143. The normalized spacial score (nSPS) is 17.1. The molecule has 0 saturated heterocycles. The monoisotopic (exact) mass is 732 g/mol. The van der Waals surface area contributed by atoms with Crippen LogP contribution in [0.15, 0.2) is 132 Å². The minimum atomic E-state index is -3.60. The van der Waals surface area contributed by atoms with E-state index >= 15 is 0 Å². The van der Waals surface area contributed by atoms with Gasteiger partial charge in [-0.3, -0.25) is 0 Å². The summed E-state index contributed by atoms with van der Waals surface area (Å²) in [5.74, 6) is 0. The molecule has 6 aromatic carbocycles. The van der Waals surface area contributed by atoms with Crippen molar-refractivity contribution in [3.05, 3.63) is 155 Å². The van der Waals surface area contributed by atoms with Crippen molar-refractivity contribution in [3.63, 3.8) is 0 Å². The molecule has 0 heterocycles. The van der Waals surface area contributed by atoms with E-state index in [0.29, 0.717) is 7.25 Å². The van der Waals surface area contributed by atoms with Crippen LogP contribution in [-0.2, 0) is 17.4 Å². The first-order valence-corrected chi connectivity index (χ1v) is 29.5. The zero-order valence-corrected chi connectivity index (χ0v) is 32.4. The quantitative estimate of drug-likeness (QED) is 0.158. The summed E-state index contributed by atoms with van der Waals surface area (Å²) >= 11 is -3.60. The molecule has 0 N–H and O–H groups in total. The Kier molecular flexibility index (Phi) is 8.52. The van der Waals surface area contributed by atoms with E-state index < -0.39 is 17.4 Å². The number of benzene rings is 6. The summed E-state index contributed by atoms with van der Waals surface area (Å²) in [5.41, 5.74) is 14.4. The average molecular weight is 735 g/mol. The standard InChI is InChI=1S/2C20H15.2CH3.2ClH.H2Si.Zr/c2*1-14-11-17-7-4-8-19(20(17)12-14)18-10-9-15-5-2-3-6-16(15)13-18;;;;;;/h2*2-13H,1H3;2*1H3;2*1H;1H2;. The van der Waals surface area contributed by atoms with Gasteiger partial charge in [-0.1, -0.05) is 0 Å². The van der Waals surface area contributed by atoms with Crippen LogP contribution in [0.1, 0.15) is 43.4 Å². The van der Waals surface area contributed by atoms with Crippen LogP contribution in [0.25, 0.3) is 56.0 Å². The first kappa shape index (κ1) is 32.9. The number of hydrogen-bond acceptors (Lipinski definition) is 0. The predicted molar refractivity (Wildman–Crippen MR) is 206 cm³/mol. The van der Waals surface area contributed by atoms with Gasteiger partial charge in [0.25, 0.3) is 0 Å². The Bertz CT molecular complexity index is 2150. The molecule has 4 heteroatoms. The Morgan fingerprint density at radius 2 is 0.870 bits per heavy atom. The van der Waals surface area contributed by atoms with E-state index in [1.807, 2.05) is 0 Å². The minimum absolute atomic E-state index is 0. The van der Waals surface area contributed by atoms with Gasteiger partial charge in [0, 0.05) is 0 Å². The fourth-order valence-corrected chi connectivity index (χ4v) is 30.3. The van der Waals surface area contributed by atoms with E-state index in [1.165, 1.54) is 54.9 Å². The average Bonchev–Trinajstić information content (AvgIpc) is 3.57. The van der Waals surface area contributed by atoms with Crippen molar-refractivity contribution in [2.24, 2.45) is 0 Å². The molecule has 0 aromatic heterocycles. The Hall–Kier alpha value is -3.00. The molecule has 2 atom stereocenters. The summed E-state index contributed by atoms with van der Waals surface area (Å²) in [7, 11) is 0. The van der Waals surface area contributed by atoms with E-state index in [9.17, 15) is 0 Å². The topological polar surface area (TPSA) is 0 Å². The molecule has 0 aliphatic heterocycles. The van der Waals surface area contributed by atoms with Crippen molar-refractivity contribution in [3.8, 4) is 22.3 Å². The second-order valence-corrected chi connectivity index (χ2v) is 44.8. The summed E-state index contributed by atoms with van der Waals surface area (Å²) in [6.07, 6.45) is 5.05. The molecule has 2 aliphatic carbocycles. The van der Waals surface area contributed by atoms with Crippen LogP contribution >= 0.6 is 24.8 Å². The van der Waals surface area contributed by atoms with Crippen LogP contribution in [0, 0.1) is 0 Å². The molecule has 0 saturated carbocycles. The predicted octanol–water partition coefficient (Wildman–Crippen LogP) is 12.1. The van der Waals surface area contributed by atoms with Gasteiger partial charge in [0.1, 0.15) is 0 Å². The van der Waals surface area contributed by atoms with Crippen molar-refractivity contribution in [2.45, 2.75) is 30.4 Å². The maximum atomic E-state index is 2.74. The van der Waals surface area contributed by atoms with Crippen LogP contribution in [0.4, 0.5) is 0 Å². The smallest absolute Gasteiger partial charge is 0.147 e. The molecule has 0 nitrogen and oxygen atoms in total. The zero-order valence-electron chi connectivity index (χ0n) is 26.9. The van der Waals surface area contributed by atoms with Crippen molar-refractivity contribution < 1.29 is 17.4 Å². The molecule has 2 unspecified atom stereocenters. The van der Waals surface area contributed by atoms with Gasteiger partial charge < -0.3 is 0 Å². The number of rotatable bonds is 4. The third-order valence-electron chi connectivity index (χ3n) is 10.6. The van der Waals surface area contributed by atoms with Gasteiger partial charge in [0.2, 0.25) is 0 Å². The van der Waals surface area contributed by atoms with Crippen molar-refractivity contribution in [2.75, 3.05) is 0 Å². The Labute approximate surface area is 287 Å². The Morgan fingerprint density at radius 1 is 0.478 bits per heavy atom. The summed E-state index contributed by atoms with van der Waals surface area (Å²) in [4.78, 5) is 0. The summed E-state index contributed by atoms with van der Waals surface area (Å²) < 4.78 is 6.49. The van der Waals surface area contributed by atoms with E-state index in [4.69, 9.17) is 0 Å². The largest absolute Gasteiger partial charge is 0.147 e. The van der Waals surface area contributed by atoms with Crippen LogP contribution in [0.3, 0.4) is 0 Å². The van der Waals surface area contributed by atoms with Gasteiger partial charge in [-0.15, -0.1) is 24.8 Å². The van der Waals surface area contributed by atoms with Crippen LogP contribution in [-0.4, -0.2) is 6.88 Å². The number of fused-ring (bicyclic) bond motifs is 4. The molecule has 0 spiro atoms. The molecule has 8 rings (SSSR count). The van der Waals surface area contributed by atoms with E-state index in [0.717, 1.165) is 0 Å². The van der Waals surface area contributed by atoms with E-state index in [1.54, 1.807) is 22.3 Å². The van der Waals surface area contributed by atoms with Crippen molar-refractivity contribution >= 4 is 65.4 Å². The Balaban J connectivity index is 0.00000186. The molecule has 0 amide bonds. The number of hydrogen-bond donors (Lipinski definition) is 0. The second-order valence-electron chi connectivity index (χ2n) is 14.3. The first-order chi connectivity index (χ1) is 21.2. The zero-order chi connectivity index (χ0) is 30.2. The SMILES string of the molecule is CC1=Cc2c(-c3ccc4ccccc4c3)cccc2[CH]1[Zr]([CH3])([CH3])(=[SiH2])[CH]1C(C)=Cc2c(-c3ccc4ccccc4c3)cccc21.Cl.Cl. The molecule has 0 bridgehead atoms. The van der Waals surface area contributed by atoms with Crippen LogP contribution < -0.4 is 0 Å². The van der Waals surface area contributed by atoms with Gasteiger partial charge in [0.05, 0.1) is 0 Å². The minimum Gasteiger partial charge on any atom is -0.147 e. The number of halogens is 2. The molecular formula is C42H40Cl2SiZr. The molecule has 6 aromatic rings. The summed E-state index contributed by atoms with van der Waals surface area (Å²) in [6.45, 7) is 7.24. The maximum absolute atomic E-state index is 3.60. The molecule has 230 valence electrons. The molecule has 46 heavy (non-hydrogen) atoms. The first-order valence-electron chi connectivity index (χ1n) is 15.9. The van der Waals surface area contributed by atoms with Crippen LogP contribution in [0.5, 0.6) is 0 Å². The fourth-order valence-electron chi connectivity index (χ4n) is 9.01. The van der Waals surface area contributed by atoms with Gasteiger partial charge >= 0.3 is 265 Å². The number of allylic oxidation sites excluding steroid dienone is 2. The molecular weight excluding hydrogens is 695 g/mol. The third kappa shape index (κ3) is 5.14. The summed E-state index contributed by atoms with van der Waals surface area (Å²) in [6, 6.07) is 45.4. The second kappa shape index (κ2) is 11.9. The third-order valence-corrected chi connectivity index (χ3v) is 28.5. The van der Waals surface area contributed by atoms with Crippen molar-refractivity contribution in [1.82, 2.24) is 0 Å². The van der Waals surface area contributed by atoms with Crippen LogP contribution in [0.2, 0.25) is 9.26 Å².